The lowest BCUT2D eigenvalue weighted by atomic mass is 10.4. The number of H-pyrrole nitrogens is 1. The summed E-state index contributed by atoms with van der Waals surface area (Å²) in [4.78, 5) is 47.6. The minimum absolute atomic E-state index is 0.398. The molecule has 0 saturated carbocycles. The SMILES string of the molecule is CC(N)N(CC(=O)O)C(=O)Cn1ccc(=O)[nH]c1=O. The van der Waals surface area contributed by atoms with Crippen LogP contribution >= 0.6 is 0 Å². The molecule has 4 N–H and O–H groups in total. The molecule has 0 spiro atoms. The van der Waals surface area contributed by atoms with E-state index in [2.05, 4.69) is 0 Å². The predicted octanol–water partition coefficient (Wildman–Crippen LogP) is -2.25. The molecule has 9 heteroatoms. The second-order valence-electron chi connectivity index (χ2n) is 3.89. The molecule has 0 aliphatic carbocycles. The number of aliphatic carboxylic acids is 1. The van der Waals surface area contributed by atoms with E-state index in [1.165, 1.54) is 6.92 Å². The summed E-state index contributed by atoms with van der Waals surface area (Å²) in [7, 11) is 0. The predicted molar refractivity (Wildman–Crippen MR) is 64.3 cm³/mol. The van der Waals surface area contributed by atoms with Crippen molar-refractivity contribution in [3.8, 4) is 0 Å². The highest BCUT2D eigenvalue weighted by atomic mass is 16.4. The zero-order chi connectivity index (χ0) is 14.6. The number of aromatic amines is 1. The second-order valence-corrected chi connectivity index (χ2v) is 3.89. The van der Waals surface area contributed by atoms with Crippen LogP contribution in [0.15, 0.2) is 21.9 Å². The van der Waals surface area contributed by atoms with E-state index in [-0.39, 0.29) is 0 Å². The van der Waals surface area contributed by atoms with E-state index in [1.54, 1.807) is 0 Å². The van der Waals surface area contributed by atoms with Gasteiger partial charge in [0.2, 0.25) is 5.91 Å². The maximum absolute atomic E-state index is 11.9. The fraction of sp³-hybridized carbons (Fsp3) is 0.400. The molecule has 0 aromatic carbocycles. The van der Waals surface area contributed by atoms with Crippen molar-refractivity contribution in [1.82, 2.24) is 14.5 Å². The number of nitrogens with zero attached hydrogens (tertiary/aromatic N) is 2. The highest BCUT2D eigenvalue weighted by Crippen LogP contribution is 1.96. The summed E-state index contributed by atoms with van der Waals surface area (Å²) in [6, 6.07) is 1.09. The van der Waals surface area contributed by atoms with E-state index in [4.69, 9.17) is 10.8 Å². The molecule has 1 atom stereocenters. The van der Waals surface area contributed by atoms with Gasteiger partial charge in [0.25, 0.3) is 5.56 Å². The first-order valence-corrected chi connectivity index (χ1v) is 5.38. The van der Waals surface area contributed by atoms with Crippen molar-refractivity contribution in [1.29, 1.82) is 0 Å². The second kappa shape index (κ2) is 5.96. The van der Waals surface area contributed by atoms with Crippen molar-refractivity contribution in [3.05, 3.63) is 33.1 Å². The number of hydrogen-bond donors (Lipinski definition) is 3. The molecule has 1 rings (SSSR count). The van der Waals surface area contributed by atoms with Crippen LogP contribution in [0.5, 0.6) is 0 Å². The first-order valence-electron chi connectivity index (χ1n) is 5.38. The number of carboxylic acid groups (broad SMARTS) is 1. The van der Waals surface area contributed by atoms with Gasteiger partial charge in [-0.3, -0.25) is 23.9 Å². The van der Waals surface area contributed by atoms with Crippen LogP contribution in [0.1, 0.15) is 6.92 Å². The summed E-state index contributed by atoms with van der Waals surface area (Å²) in [5.74, 6) is -1.84. The molecule has 0 aliphatic heterocycles. The van der Waals surface area contributed by atoms with Crippen molar-refractivity contribution in [2.24, 2.45) is 5.73 Å². The highest BCUT2D eigenvalue weighted by molar-refractivity contribution is 5.81. The van der Waals surface area contributed by atoms with E-state index < -0.39 is 42.4 Å². The summed E-state index contributed by atoms with van der Waals surface area (Å²) < 4.78 is 0.959. The van der Waals surface area contributed by atoms with Gasteiger partial charge in [0.15, 0.2) is 0 Å². The van der Waals surface area contributed by atoms with Gasteiger partial charge in [-0.25, -0.2) is 4.79 Å². The molecule has 0 fully saturated rings. The van der Waals surface area contributed by atoms with Crippen molar-refractivity contribution >= 4 is 11.9 Å². The van der Waals surface area contributed by atoms with Gasteiger partial charge in [-0.05, 0) is 6.92 Å². The lowest BCUT2D eigenvalue weighted by Gasteiger charge is -2.24. The highest BCUT2D eigenvalue weighted by Gasteiger charge is 2.20. The Balaban J connectivity index is 2.90. The van der Waals surface area contributed by atoms with Crippen molar-refractivity contribution in [2.75, 3.05) is 6.54 Å². The number of nitrogens with one attached hydrogen (secondary N) is 1. The topological polar surface area (TPSA) is 138 Å². The molecule has 9 nitrogen and oxygen atoms in total. The Bertz CT molecular complexity index is 588. The molecule has 0 aliphatic rings. The molecule has 0 bridgehead atoms. The number of carbonyl (C=O) groups is 2. The number of carbonyl (C=O) groups excluding carboxylic acids is 1. The van der Waals surface area contributed by atoms with E-state index in [0.29, 0.717) is 0 Å². The Morgan fingerprint density at radius 2 is 2.16 bits per heavy atom. The fourth-order valence-corrected chi connectivity index (χ4v) is 1.41. The quantitative estimate of drug-likeness (QED) is 0.517. The van der Waals surface area contributed by atoms with Crippen LogP contribution in [0.25, 0.3) is 0 Å². The number of nitrogens with two attached hydrogens (primary N) is 1. The Labute approximate surface area is 107 Å². The molecule has 104 valence electrons. The lowest BCUT2D eigenvalue weighted by molar-refractivity contribution is -0.146. The van der Waals surface area contributed by atoms with Gasteiger partial charge in [0.05, 0.1) is 6.17 Å². The van der Waals surface area contributed by atoms with Crippen LogP contribution in [0.4, 0.5) is 0 Å². The average molecular weight is 270 g/mol. The van der Waals surface area contributed by atoms with Gasteiger partial charge in [-0.15, -0.1) is 0 Å². The number of rotatable bonds is 5. The van der Waals surface area contributed by atoms with Crippen LogP contribution in [0.3, 0.4) is 0 Å². The standard InChI is InChI=1S/C10H14N4O5/c1-6(11)14(5-9(17)18)8(16)4-13-3-2-7(15)12-10(13)19/h2-3,6H,4-5,11H2,1H3,(H,17,18)(H,12,15,19). The zero-order valence-electron chi connectivity index (χ0n) is 10.2. The molecule has 1 aromatic heterocycles. The third-order valence-electron chi connectivity index (χ3n) is 2.32. The third-order valence-corrected chi connectivity index (χ3v) is 2.32. The Kier molecular flexibility index (Phi) is 4.59. The fourth-order valence-electron chi connectivity index (χ4n) is 1.41. The molecule has 1 heterocycles. The normalized spacial score (nSPS) is 11.9. The van der Waals surface area contributed by atoms with Gasteiger partial charge >= 0.3 is 11.7 Å². The summed E-state index contributed by atoms with van der Waals surface area (Å²) >= 11 is 0. The molecule has 19 heavy (non-hydrogen) atoms. The first-order chi connectivity index (χ1) is 8.81. The van der Waals surface area contributed by atoms with Gasteiger partial charge in [-0.1, -0.05) is 0 Å². The van der Waals surface area contributed by atoms with E-state index in [1.807, 2.05) is 4.98 Å². The maximum Gasteiger partial charge on any atom is 0.328 e. The number of hydrogen-bond acceptors (Lipinski definition) is 5. The molecule has 1 aromatic rings. The smallest absolute Gasteiger partial charge is 0.328 e. The van der Waals surface area contributed by atoms with Gasteiger partial charge in [0.1, 0.15) is 13.1 Å². The van der Waals surface area contributed by atoms with E-state index >= 15 is 0 Å². The minimum atomic E-state index is -1.21. The van der Waals surface area contributed by atoms with Crippen LogP contribution in [0.2, 0.25) is 0 Å². The molecule has 1 unspecified atom stereocenters. The Hall–Kier alpha value is -2.42. The largest absolute Gasteiger partial charge is 0.480 e. The Morgan fingerprint density at radius 3 is 2.63 bits per heavy atom. The zero-order valence-corrected chi connectivity index (χ0v) is 10.2. The summed E-state index contributed by atoms with van der Waals surface area (Å²) in [6.07, 6.45) is 0.348. The summed E-state index contributed by atoms with van der Waals surface area (Å²) in [5, 5.41) is 8.67. The molecule has 1 amide bonds. The van der Waals surface area contributed by atoms with Crippen molar-refractivity contribution in [3.63, 3.8) is 0 Å². The third kappa shape index (κ3) is 4.07. The van der Waals surface area contributed by atoms with E-state index in [9.17, 15) is 19.2 Å². The van der Waals surface area contributed by atoms with Gasteiger partial charge < -0.3 is 15.7 Å². The summed E-state index contributed by atoms with van der Waals surface area (Å²) in [6.45, 7) is 0.496. The summed E-state index contributed by atoms with van der Waals surface area (Å²) in [5.41, 5.74) is 4.17. The van der Waals surface area contributed by atoms with Crippen LogP contribution in [-0.4, -0.2) is 44.1 Å². The average Bonchev–Trinajstić information content (AvgIpc) is 2.29. The molecular weight excluding hydrogens is 256 g/mol. The lowest BCUT2D eigenvalue weighted by Crippen LogP contribution is -2.48. The Morgan fingerprint density at radius 1 is 1.53 bits per heavy atom. The van der Waals surface area contributed by atoms with E-state index in [0.717, 1.165) is 21.7 Å². The van der Waals surface area contributed by atoms with Gasteiger partial charge in [0, 0.05) is 12.3 Å². The van der Waals surface area contributed by atoms with Crippen LogP contribution in [-0.2, 0) is 16.1 Å². The van der Waals surface area contributed by atoms with Crippen molar-refractivity contribution in [2.45, 2.75) is 19.6 Å². The van der Waals surface area contributed by atoms with Crippen LogP contribution < -0.4 is 17.0 Å². The van der Waals surface area contributed by atoms with Crippen molar-refractivity contribution < 1.29 is 14.7 Å². The maximum atomic E-state index is 11.9. The first kappa shape index (κ1) is 14.6. The van der Waals surface area contributed by atoms with Gasteiger partial charge in [-0.2, -0.15) is 0 Å². The number of aromatic nitrogens is 2. The number of carboxylic acids is 1. The van der Waals surface area contributed by atoms with Crippen LogP contribution in [0, 0.1) is 0 Å². The molecule has 0 radical (unpaired) electrons. The number of amides is 1. The monoisotopic (exact) mass is 270 g/mol. The molecular formula is C10H14N4O5. The minimum Gasteiger partial charge on any atom is -0.480 e. The molecule has 0 saturated heterocycles.